The van der Waals surface area contributed by atoms with Crippen LogP contribution in [0.2, 0.25) is 0 Å². The van der Waals surface area contributed by atoms with Crippen LogP contribution in [0.15, 0.2) is 229 Å². The number of ether oxygens (including phenoxy) is 3. The minimum Gasteiger partial charge on any atom is -0.358 e. The van der Waals surface area contributed by atoms with Crippen LogP contribution in [0.25, 0.3) is 0 Å². The van der Waals surface area contributed by atoms with Gasteiger partial charge in [-0.2, -0.15) is 4.98 Å². The Labute approximate surface area is 365 Å². The van der Waals surface area contributed by atoms with Crippen molar-refractivity contribution in [2.24, 2.45) is 0 Å². The van der Waals surface area contributed by atoms with Gasteiger partial charge in [-0.1, -0.05) is 200 Å². The Morgan fingerprint density at radius 3 is 1.35 bits per heavy atom. The van der Waals surface area contributed by atoms with Gasteiger partial charge in [0, 0.05) is 11.8 Å². The number of nitrogens with zero attached hydrogens (tertiary/aromatic N) is 2. The molecule has 1 aliphatic heterocycles. The van der Waals surface area contributed by atoms with Crippen LogP contribution in [0.4, 0.5) is 10.2 Å². The Bertz CT molecular complexity index is 2590. The van der Waals surface area contributed by atoms with Gasteiger partial charge in [0.05, 0.1) is 6.61 Å². The lowest BCUT2D eigenvalue weighted by Gasteiger charge is -2.39. The van der Waals surface area contributed by atoms with E-state index >= 15 is 4.39 Å². The molecular weight excluding hydrogens is 790 g/mol. The maximum Gasteiger partial charge on any atom is 0.351 e. The van der Waals surface area contributed by atoms with Crippen LogP contribution in [-0.2, 0) is 25.4 Å². The molecule has 9 heteroatoms. The summed E-state index contributed by atoms with van der Waals surface area (Å²) in [4.78, 5) is 31.4. The highest BCUT2D eigenvalue weighted by Gasteiger charge is 2.53. The average Bonchev–Trinajstić information content (AvgIpc) is 3.66. The number of carbonyl (C=O) groups excluding carboxylic acids is 1. The fourth-order valence-corrected chi connectivity index (χ4v) is 8.54. The van der Waals surface area contributed by atoms with Crippen molar-refractivity contribution in [2.75, 3.05) is 11.9 Å². The van der Waals surface area contributed by atoms with E-state index < -0.39 is 47.4 Å². The molecule has 0 unspecified atom stereocenters. The molecule has 8 aromatic rings. The Balaban J connectivity index is 1.16. The van der Waals surface area contributed by atoms with Gasteiger partial charge < -0.3 is 19.5 Å². The molecule has 0 bridgehead atoms. The van der Waals surface area contributed by atoms with Crippen LogP contribution < -0.4 is 11.0 Å². The quantitative estimate of drug-likeness (QED) is 0.110. The number of carbonyl (C=O) groups is 1. The maximum absolute atomic E-state index is 18.1. The van der Waals surface area contributed by atoms with Gasteiger partial charge in [-0.15, -0.1) is 0 Å². The number of halogens is 1. The molecule has 1 saturated heterocycles. The number of hydrogen-bond donors (Lipinski definition) is 1. The first-order valence-electron chi connectivity index (χ1n) is 20.9. The van der Waals surface area contributed by atoms with Crippen LogP contribution in [0, 0.1) is 0 Å². The molecular formula is C54H44FN3O5. The van der Waals surface area contributed by atoms with E-state index in [2.05, 4.69) is 10.3 Å². The summed E-state index contributed by atoms with van der Waals surface area (Å²) < 4.78 is 40.5. The predicted molar refractivity (Wildman–Crippen MR) is 241 cm³/mol. The lowest BCUT2D eigenvalue weighted by atomic mass is 9.79. The van der Waals surface area contributed by atoms with Crippen LogP contribution in [0.3, 0.4) is 0 Å². The minimum atomic E-state index is -1.84. The topological polar surface area (TPSA) is 91.7 Å². The van der Waals surface area contributed by atoms with E-state index in [4.69, 9.17) is 14.2 Å². The van der Waals surface area contributed by atoms with Crippen molar-refractivity contribution in [3.63, 3.8) is 0 Å². The van der Waals surface area contributed by atoms with Gasteiger partial charge in [-0.05, 0) is 51.6 Å². The summed E-state index contributed by atoms with van der Waals surface area (Å²) in [6.45, 7) is -0.237. The smallest absolute Gasteiger partial charge is 0.351 e. The number of rotatable bonds is 14. The zero-order valence-electron chi connectivity index (χ0n) is 34.2. The van der Waals surface area contributed by atoms with Gasteiger partial charge in [0.2, 0.25) is 0 Å². The predicted octanol–water partition coefficient (Wildman–Crippen LogP) is 10.1. The number of benzene rings is 7. The number of anilines is 1. The molecule has 1 aliphatic rings. The molecule has 312 valence electrons. The van der Waals surface area contributed by atoms with Crippen LogP contribution >= 0.6 is 0 Å². The SMILES string of the molecule is O=C(Nc1ccn([C@@H]2O[C@H](COC(c3ccccc3)(c3ccccc3)c3ccccc3)[C@@H](F)[C@H]2OC(c2ccccc2)(c2ccccc2)c2ccccc2)c(=O)n1)c1ccccc1. The first kappa shape index (κ1) is 41.1. The summed E-state index contributed by atoms with van der Waals surface area (Å²) in [6, 6.07) is 68.5. The number of alkyl halides is 1. The largest absolute Gasteiger partial charge is 0.358 e. The molecule has 2 heterocycles. The van der Waals surface area contributed by atoms with E-state index in [1.807, 2.05) is 182 Å². The molecule has 63 heavy (non-hydrogen) atoms. The Hall–Kier alpha value is -7.30. The summed E-state index contributed by atoms with van der Waals surface area (Å²) in [7, 11) is 0. The zero-order chi connectivity index (χ0) is 43.1. The molecule has 7 aromatic carbocycles. The third-order valence-corrected chi connectivity index (χ3v) is 11.5. The van der Waals surface area contributed by atoms with Crippen LogP contribution in [0.1, 0.15) is 50.0 Å². The highest BCUT2D eigenvalue weighted by Crippen LogP contribution is 2.47. The summed E-state index contributed by atoms with van der Waals surface area (Å²) >= 11 is 0. The monoisotopic (exact) mass is 833 g/mol. The Morgan fingerprint density at radius 1 is 0.571 bits per heavy atom. The Morgan fingerprint density at radius 2 is 0.952 bits per heavy atom. The van der Waals surface area contributed by atoms with Crippen LogP contribution in [-0.4, -0.2) is 40.4 Å². The number of nitrogens with one attached hydrogen (secondary N) is 1. The van der Waals surface area contributed by atoms with Crippen molar-refractivity contribution in [2.45, 2.75) is 35.8 Å². The first-order valence-corrected chi connectivity index (χ1v) is 20.9. The molecule has 1 N–H and O–H groups in total. The van der Waals surface area contributed by atoms with Crippen molar-refractivity contribution in [1.29, 1.82) is 0 Å². The third-order valence-electron chi connectivity index (χ3n) is 11.5. The molecule has 1 amide bonds. The van der Waals surface area contributed by atoms with Gasteiger partial charge in [0.15, 0.2) is 12.4 Å². The van der Waals surface area contributed by atoms with E-state index in [0.29, 0.717) is 5.56 Å². The highest BCUT2D eigenvalue weighted by molar-refractivity contribution is 6.03. The molecule has 8 nitrogen and oxygen atoms in total. The number of aromatic nitrogens is 2. The maximum atomic E-state index is 18.1. The summed E-state index contributed by atoms with van der Waals surface area (Å²) in [5.74, 6) is -0.403. The highest BCUT2D eigenvalue weighted by atomic mass is 19.1. The van der Waals surface area contributed by atoms with Crippen molar-refractivity contribution >= 4 is 11.7 Å². The second-order valence-corrected chi connectivity index (χ2v) is 15.3. The average molecular weight is 834 g/mol. The second kappa shape index (κ2) is 18.4. The van der Waals surface area contributed by atoms with E-state index in [0.717, 1.165) is 33.4 Å². The lowest BCUT2D eigenvalue weighted by molar-refractivity contribution is -0.121. The van der Waals surface area contributed by atoms with Crippen molar-refractivity contribution < 1.29 is 23.4 Å². The summed E-state index contributed by atoms with van der Waals surface area (Å²) in [6.07, 6.45) is -4.36. The first-order chi connectivity index (χ1) is 31.0. The molecule has 0 radical (unpaired) electrons. The van der Waals surface area contributed by atoms with Crippen molar-refractivity contribution in [3.8, 4) is 0 Å². The number of hydrogen-bond acceptors (Lipinski definition) is 6. The van der Waals surface area contributed by atoms with Gasteiger partial charge >= 0.3 is 5.69 Å². The van der Waals surface area contributed by atoms with Gasteiger partial charge in [0.25, 0.3) is 5.91 Å². The van der Waals surface area contributed by atoms with E-state index in [-0.39, 0.29) is 12.4 Å². The molecule has 1 fully saturated rings. The third kappa shape index (κ3) is 8.13. The molecule has 4 atom stereocenters. The van der Waals surface area contributed by atoms with Crippen molar-refractivity contribution in [1.82, 2.24) is 9.55 Å². The number of amides is 1. The lowest BCUT2D eigenvalue weighted by Crippen LogP contribution is -2.44. The van der Waals surface area contributed by atoms with E-state index in [1.165, 1.54) is 16.8 Å². The molecule has 0 saturated carbocycles. The van der Waals surface area contributed by atoms with Gasteiger partial charge in [0.1, 0.15) is 29.2 Å². The van der Waals surface area contributed by atoms with Gasteiger partial charge in [-0.3, -0.25) is 9.36 Å². The van der Waals surface area contributed by atoms with E-state index in [9.17, 15) is 9.59 Å². The zero-order valence-corrected chi connectivity index (χ0v) is 34.2. The standard InChI is InChI=1S/C54H44FN3O5/c55-48-46(38-61-53(40-24-10-2-11-25-40,41-26-12-3-13-27-41)42-28-14-4-15-29-42)62-51(58-37-36-47(57-52(58)60)56-50(59)39-22-8-1-9-23-39)49(48)63-54(43-30-16-5-17-31-43,44-32-18-6-19-33-44)45-34-20-7-21-35-45/h1-37,46,48-49,51H,38H2,(H,56,57,59,60)/t46-,48-,49-,51-/m1/s1. The van der Waals surface area contributed by atoms with Crippen LogP contribution in [0.5, 0.6) is 0 Å². The fraction of sp³-hybridized carbons (Fsp3) is 0.130. The molecule has 1 aromatic heterocycles. The molecule has 0 spiro atoms. The summed E-state index contributed by atoms with van der Waals surface area (Å²) in [5, 5.41) is 2.70. The summed E-state index contributed by atoms with van der Waals surface area (Å²) in [5.41, 5.74) is 1.82. The minimum absolute atomic E-state index is 0.0304. The molecule has 0 aliphatic carbocycles. The van der Waals surface area contributed by atoms with Gasteiger partial charge in [-0.25, -0.2) is 9.18 Å². The van der Waals surface area contributed by atoms with E-state index in [1.54, 1.807) is 30.3 Å². The van der Waals surface area contributed by atoms with Crippen molar-refractivity contribution in [3.05, 3.63) is 274 Å². The normalized spacial score (nSPS) is 17.5. The second-order valence-electron chi connectivity index (χ2n) is 15.3. The Kier molecular flexibility index (Phi) is 12.0. The fourth-order valence-electron chi connectivity index (χ4n) is 8.54. The molecule has 9 rings (SSSR count).